The van der Waals surface area contributed by atoms with E-state index < -0.39 is 0 Å². The Morgan fingerprint density at radius 1 is 1.16 bits per heavy atom. The lowest BCUT2D eigenvalue weighted by Crippen LogP contribution is -2.07. The normalized spacial score (nSPS) is 13.9. The molecule has 8 nitrogen and oxygen atoms in total. The number of aromatic nitrogens is 7. The zero-order valence-corrected chi connectivity index (χ0v) is 18.0. The number of pyridine rings is 2. The third-order valence-electron chi connectivity index (χ3n) is 5.87. The molecule has 6 rings (SSSR count). The first-order valence-electron chi connectivity index (χ1n) is 10.6. The van der Waals surface area contributed by atoms with Gasteiger partial charge in [0.1, 0.15) is 17.9 Å². The van der Waals surface area contributed by atoms with Gasteiger partial charge in [0, 0.05) is 30.0 Å². The third-order valence-corrected chi connectivity index (χ3v) is 6.10. The van der Waals surface area contributed by atoms with Gasteiger partial charge in [-0.2, -0.15) is 9.90 Å². The molecule has 9 heteroatoms. The van der Waals surface area contributed by atoms with E-state index in [9.17, 15) is 4.79 Å². The highest BCUT2D eigenvalue weighted by Gasteiger charge is 2.23. The second-order valence-electron chi connectivity index (χ2n) is 8.25. The maximum Gasteiger partial charge on any atom is 0.185 e. The zero-order chi connectivity index (χ0) is 21.7. The van der Waals surface area contributed by atoms with Crippen molar-refractivity contribution in [2.75, 3.05) is 0 Å². The molecule has 0 bridgehead atoms. The number of rotatable bonds is 7. The van der Waals surface area contributed by atoms with Crippen LogP contribution in [0.1, 0.15) is 52.6 Å². The molecule has 1 fully saturated rings. The van der Waals surface area contributed by atoms with E-state index in [0.717, 1.165) is 22.6 Å². The molecule has 1 saturated carbocycles. The van der Waals surface area contributed by atoms with Crippen molar-refractivity contribution < 1.29 is 4.79 Å². The van der Waals surface area contributed by atoms with Gasteiger partial charge in [0.05, 0.1) is 29.4 Å². The van der Waals surface area contributed by atoms with E-state index in [1.54, 1.807) is 12.4 Å². The highest BCUT2D eigenvalue weighted by atomic mass is 35.5. The standard InChI is InChI=1S/C23H20ClN7O/c24-17-7-8-29-14-25-19(21(29)9-17)4-5-22(32)20-10-26-31(28-20)13-18-12-30-11-16(15-1-2-15)3-6-23(30)27-18/h3,6-12,14-15H,1-2,4-5,13H2. The Morgan fingerprint density at radius 3 is 2.94 bits per heavy atom. The van der Waals surface area contributed by atoms with Crippen molar-refractivity contribution in [2.24, 2.45) is 0 Å². The smallest absolute Gasteiger partial charge is 0.185 e. The summed E-state index contributed by atoms with van der Waals surface area (Å²) in [6.45, 7) is 0.415. The van der Waals surface area contributed by atoms with Crippen LogP contribution in [0.3, 0.4) is 0 Å². The number of carbonyl (C=O) groups is 1. The van der Waals surface area contributed by atoms with Gasteiger partial charge >= 0.3 is 0 Å². The lowest BCUT2D eigenvalue weighted by atomic mass is 10.1. The highest BCUT2D eigenvalue weighted by molar-refractivity contribution is 6.30. The Labute approximate surface area is 188 Å². The van der Waals surface area contributed by atoms with Crippen molar-refractivity contribution >= 4 is 28.5 Å². The summed E-state index contributed by atoms with van der Waals surface area (Å²) in [7, 11) is 0. The van der Waals surface area contributed by atoms with Crippen LogP contribution in [0.4, 0.5) is 0 Å². The van der Waals surface area contributed by atoms with E-state index >= 15 is 0 Å². The van der Waals surface area contributed by atoms with Gasteiger partial charge in [0.25, 0.3) is 0 Å². The first kappa shape index (κ1) is 19.2. The fourth-order valence-electron chi connectivity index (χ4n) is 4.01. The first-order valence-corrected chi connectivity index (χ1v) is 11.0. The molecule has 1 aliphatic rings. The van der Waals surface area contributed by atoms with Crippen LogP contribution >= 0.6 is 11.6 Å². The van der Waals surface area contributed by atoms with Gasteiger partial charge in [-0.15, -0.1) is 5.10 Å². The van der Waals surface area contributed by atoms with E-state index in [2.05, 4.69) is 42.9 Å². The summed E-state index contributed by atoms with van der Waals surface area (Å²) < 4.78 is 3.95. The highest BCUT2D eigenvalue weighted by Crippen LogP contribution is 2.39. The number of hydrogen-bond donors (Lipinski definition) is 0. The summed E-state index contributed by atoms with van der Waals surface area (Å²) in [6.07, 6.45) is 12.6. The molecule has 0 aromatic carbocycles. The summed E-state index contributed by atoms with van der Waals surface area (Å²) in [5.41, 5.74) is 5.22. The maximum absolute atomic E-state index is 12.7. The SMILES string of the molecule is O=C(CCc1ncn2ccc(Cl)cc12)c1cnn(Cc2cn3cc(C4CC4)ccc3n2)n1. The van der Waals surface area contributed by atoms with E-state index in [0.29, 0.717) is 36.0 Å². The molecule has 0 atom stereocenters. The minimum absolute atomic E-state index is 0.0662. The number of halogens is 1. The monoisotopic (exact) mass is 445 g/mol. The topological polar surface area (TPSA) is 82.4 Å². The van der Waals surface area contributed by atoms with Crippen molar-refractivity contribution in [2.45, 2.75) is 38.1 Å². The number of aryl methyl sites for hydroxylation is 1. The molecule has 0 amide bonds. The Bertz CT molecular complexity index is 1460. The molecule has 1 aliphatic carbocycles. The third kappa shape index (κ3) is 3.67. The first-order chi connectivity index (χ1) is 15.6. The number of carbonyl (C=O) groups excluding carboxylic acids is 1. The van der Waals surface area contributed by atoms with Crippen LogP contribution in [-0.4, -0.2) is 39.5 Å². The number of nitrogens with zero attached hydrogens (tertiary/aromatic N) is 7. The van der Waals surface area contributed by atoms with Gasteiger partial charge < -0.3 is 8.80 Å². The molecule has 5 aromatic rings. The fourth-order valence-corrected chi connectivity index (χ4v) is 4.17. The van der Waals surface area contributed by atoms with Crippen LogP contribution in [0, 0.1) is 0 Å². The molecule has 0 radical (unpaired) electrons. The van der Waals surface area contributed by atoms with Crippen LogP contribution in [0.5, 0.6) is 0 Å². The lowest BCUT2D eigenvalue weighted by Gasteiger charge is -1.99. The van der Waals surface area contributed by atoms with Crippen LogP contribution in [0.25, 0.3) is 11.2 Å². The number of imidazole rings is 2. The predicted octanol–water partition coefficient (Wildman–Crippen LogP) is 3.97. The maximum atomic E-state index is 12.7. The quantitative estimate of drug-likeness (QED) is 0.354. The Morgan fingerprint density at radius 2 is 2.06 bits per heavy atom. The number of ketones is 1. The van der Waals surface area contributed by atoms with Crippen LogP contribution < -0.4 is 0 Å². The van der Waals surface area contributed by atoms with Crippen LogP contribution in [0.15, 0.2) is 55.4 Å². The Balaban J connectivity index is 1.13. The molecular formula is C23H20ClN7O. The van der Waals surface area contributed by atoms with E-state index in [1.807, 2.05) is 22.9 Å². The van der Waals surface area contributed by atoms with Gasteiger partial charge in [-0.3, -0.25) is 4.79 Å². The number of Topliss-reactive ketones (excluding diaryl/α,β-unsaturated/α-hetero) is 1. The minimum atomic E-state index is -0.0662. The van der Waals surface area contributed by atoms with Crippen molar-refractivity contribution in [1.29, 1.82) is 0 Å². The van der Waals surface area contributed by atoms with E-state index in [-0.39, 0.29) is 5.78 Å². The molecule has 0 spiro atoms. The molecular weight excluding hydrogens is 426 g/mol. The van der Waals surface area contributed by atoms with Crippen LogP contribution in [-0.2, 0) is 13.0 Å². The summed E-state index contributed by atoms with van der Waals surface area (Å²) in [5, 5.41) is 9.27. The molecule has 0 unspecified atom stereocenters. The molecule has 0 saturated heterocycles. The molecule has 0 N–H and O–H groups in total. The molecule has 5 heterocycles. The van der Waals surface area contributed by atoms with E-state index in [1.165, 1.54) is 29.4 Å². The summed E-state index contributed by atoms with van der Waals surface area (Å²) >= 11 is 6.09. The number of hydrogen-bond acceptors (Lipinski definition) is 5. The van der Waals surface area contributed by atoms with Gasteiger partial charge in [0.2, 0.25) is 0 Å². The lowest BCUT2D eigenvalue weighted by molar-refractivity contribution is 0.0977. The van der Waals surface area contributed by atoms with Crippen molar-refractivity contribution in [3.8, 4) is 0 Å². The van der Waals surface area contributed by atoms with Crippen molar-refractivity contribution in [3.63, 3.8) is 0 Å². The fraction of sp³-hybridized carbons (Fsp3) is 0.261. The van der Waals surface area contributed by atoms with Gasteiger partial charge in [-0.05, 0) is 48.9 Å². The number of fused-ring (bicyclic) bond motifs is 2. The molecule has 32 heavy (non-hydrogen) atoms. The van der Waals surface area contributed by atoms with Gasteiger partial charge in [-0.25, -0.2) is 9.97 Å². The van der Waals surface area contributed by atoms with Gasteiger partial charge in [-0.1, -0.05) is 17.7 Å². The van der Waals surface area contributed by atoms with Crippen LogP contribution in [0.2, 0.25) is 5.02 Å². The second kappa shape index (κ2) is 7.56. The molecule has 0 aliphatic heterocycles. The predicted molar refractivity (Wildman–Crippen MR) is 119 cm³/mol. The second-order valence-corrected chi connectivity index (χ2v) is 8.68. The summed E-state index contributed by atoms with van der Waals surface area (Å²) in [6, 6.07) is 7.87. The Hall–Kier alpha value is -3.52. The zero-order valence-electron chi connectivity index (χ0n) is 17.2. The van der Waals surface area contributed by atoms with Crippen molar-refractivity contribution in [1.82, 2.24) is 33.8 Å². The average Bonchev–Trinajstić information content (AvgIpc) is 3.21. The molecule has 5 aromatic heterocycles. The molecule has 160 valence electrons. The minimum Gasteiger partial charge on any atom is -0.306 e. The van der Waals surface area contributed by atoms with Crippen molar-refractivity contribution in [3.05, 3.63) is 83.0 Å². The Kier molecular flexibility index (Phi) is 4.53. The summed E-state index contributed by atoms with van der Waals surface area (Å²) in [4.78, 5) is 23.2. The van der Waals surface area contributed by atoms with E-state index in [4.69, 9.17) is 11.6 Å². The summed E-state index contributed by atoms with van der Waals surface area (Å²) in [5.74, 6) is 0.632. The average molecular weight is 446 g/mol. The largest absolute Gasteiger partial charge is 0.306 e. The van der Waals surface area contributed by atoms with Gasteiger partial charge in [0.15, 0.2) is 5.78 Å².